The van der Waals surface area contributed by atoms with Gasteiger partial charge < -0.3 is 10.2 Å². The Morgan fingerprint density at radius 2 is 1.20 bits per heavy atom. The van der Waals surface area contributed by atoms with Crippen molar-refractivity contribution in [2.24, 2.45) is 0 Å². The highest BCUT2D eigenvalue weighted by Gasteiger charge is 2.04. The third kappa shape index (κ3) is 4.77. The van der Waals surface area contributed by atoms with Crippen molar-refractivity contribution in [2.45, 2.75) is 51.7 Å². The maximum Gasteiger partial charge on any atom is 0.0538 e. The van der Waals surface area contributed by atoms with E-state index in [1.165, 1.54) is 0 Å². The predicted molar refractivity (Wildman–Crippen MR) is 41.8 cm³/mol. The molecule has 0 amide bonds. The van der Waals surface area contributed by atoms with Gasteiger partial charge in [-0.3, -0.25) is 0 Å². The number of rotatable bonds is 5. The van der Waals surface area contributed by atoms with E-state index in [9.17, 15) is 0 Å². The van der Waals surface area contributed by atoms with E-state index in [2.05, 4.69) is 0 Å². The van der Waals surface area contributed by atoms with E-state index >= 15 is 0 Å². The van der Waals surface area contributed by atoms with Gasteiger partial charge in [0.05, 0.1) is 12.2 Å². The van der Waals surface area contributed by atoms with Crippen molar-refractivity contribution in [3.05, 3.63) is 0 Å². The zero-order valence-electron chi connectivity index (χ0n) is 6.88. The molecule has 2 heteroatoms. The molecule has 0 spiro atoms. The van der Waals surface area contributed by atoms with Crippen molar-refractivity contribution >= 4 is 0 Å². The quantitative estimate of drug-likeness (QED) is 0.614. The largest absolute Gasteiger partial charge is 0.393 e. The van der Waals surface area contributed by atoms with Gasteiger partial charge in [0.15, 0.2) is 0 Å². The molecule has 0 saturated heterocycles. The average Bonchev–Trinajstić information content (AvgIpc) is 1.99. The summed E-state index contributed by atoms with van der Waals surface area (Å²) in [6.45, 7) is 3.89. The van der Waals surface area contributed by atoms with E-state index in [4.69, 9.17) is 10.2 Å². The molecule has 2 atom stereocenters. The first kappa shape index (κ1) is 9.92. The number of hydrogen-bond acceptors (Lipinski definition) is 2. The lowest BCUT2D eigenvalue weighted by atomic mass is 10.1. The molecule has 0 aliphatic rings. The Morgan fingerprint density at radius 3 is 1.40 bits per heavy atom. The molecular weight excluding hydrogens is 128 g/mol. The summed E-state index contributed by atoms with van der Waals surface area (Å²) in [5.41, 5.74) is 0. The van der Waals surface area contributed by atoms with E-state index < -0.39 is 0 Å². The van der Waals surface area contributed by atoms with Gasteiger partial charge in [-0.25, -0.2) is 0 Å². The summed E-state index contributed by atoms with van der Waals surface area (Å²) in [7, 11) is 0. The van der Waals surface area contributed by atoms with Gasteiger partial charge in [0, 0.05) is 0 Å². The number of aliphatic hydroxyl groups is 2. The summed E-state index contributed by atoms with van der Waals surface area (Å²) in [5.74, 6) is 0. The second-order valence-electron chi connectivity index (χ2n) is 2.70. The molecule has 0 aliphatic carbocycles. The summed E-state index contributed by atoms with van der Waals surface area (Å²) in [4.78, 5) is 0. The molecule has 2 unspecified atom stereocenters. The lowest BCUT2D eigenvalue weighted by Crippen LogP contribution is -2.11. The van der Waals surface area contributed by atoms with Crippen LogP contribution in [-0.2, 0) is 0 Å². The third-order valence-corrected chi connectivity index (χ3v) is 1.78. The molecule has 0 rings (SSSR count). The molecule has 10 heavy (non-hydrogen) atoms. The van der Waals surface area contributed by atoms with Crippen LogP contribution in [0.15, 0.2) is 0 Å². The third-order valence-electron chi connectivity index (χ3n) is 1.78. The van der Waals surface area contributed by atoms with Gasteiger partial charge in [-0.2, -0.15) is 0 Å². The van der Waals surface area contributed by atoms with Crippen LogP contribution in [0.1, 0.15) is 39.5 Å². The second-order valence-corrected chi connectivity index (χ2v) is 2.70. The molecule has 0 aromatic carbocycles. The molecule has 0 fully saturated rings. The standard InChI is InChI=1S/C8H18O2/c1-3-7(9)5-6-8(10)4-2/h7-10H,3-6H2,1-2H3. The molecule has 0 radical (unpaired) electrons. The smallest absolute Gasteiger partial charge is 0.0538 e. The van der Waals surface area contributed by atoms with Crippen LogP contribution in [0.3, 0.4) is 0 Å². The van der Waals surface area contributed by atoms with Crippen molar-refractivity contribution < 1.29 is 10.2 Å². The Hall–Kier alpha value is -0.0800. The fourth-order valence-corrected chi connectivity index (χ4v) is 0.793. The Kier molecular flexibility index (Phi) is 5.64. The topological polar surface area (TPSA) is 40.5 Å². The molecule has 2 nitrogen and oxygen atoms in total. The van der Waals surface area contributed by atoms with Gasteiger partial charge in [-0.05, 0) is 25.7 Å². The normalized spacial score (nSPS) is 16.8. The number of hydrogen-bond donors (Lipinski definition) is 2. The van der Waals surface area contributed by atoms with Crippen LogP contribution in [0.5, 0.6) is 0 Å². The van der Waals surface area contributed by atoms with Crippen LogP contribution in [0, 0.1) is 0 Å². The van der Waals surface area contributed by atoms with Crippen LogP contribution in [0.4, 0.5) is 0 Å². The van der Waals surface area contributed by atoms with E-state index in [1.807, 2.05) is 13.8 Å². The molecule has 0 aromatic heterocycles. The zero-order valence-corrected chi connectivity index (χ0v) is 6.88. The minimum atomic E-state index is -0.221. The van der Waals surface area contributed by atoms with Gasteiger partial charge in [-0.15, -0.1) is 0 Å². The Balaban J connectivity index is 3.17. The van der Waals surface area contributed by atoms with Crippen LogP contribution in [0.25, 0.3) is 0 Å². The highest BCUT2D eigenvalue weighted by molar-refractivity contribution is 4.57. The lowest BCUT2D eigenvalue weighted by molar-refractivity contribution is 0.109. The minimum Gasteiger partial charge on any atom is -0.393 e. The van der Waals surface area contributed by atoms with E-state index in [0.717, 1.165) is 25.7 Å². The highest BCUT2D eigenvalue weighted by Crippen LogP contribution is 2.06. The summed E-state index contributed by atoms with van der Waals surface area (Å²) in [6, 6.07) is 0. The monoisotopic (exact) mass is 146 g/mol. The summed E-state index contributed by atoms with van der Waals surface area (Å²) >= 11 is 0. The predicted octanol–water partition coefficient (Wildman–Crippen LogP) is 1.31. The van der Waals surface area contributed by atoms with Gasteiger partial charge in [-0.1, -0.05) is 13.8 Å². The van der Waals surface area contributed by atoms with Crippen LogP contribution in [0.2, 0.25) is 0 Å². The zero-order chi connectivity index (χ0) is 7.98. The summed E-state index contributed by atoms with van der Waals surface area (Å²) < 4.78 is 0. The van der Waals surface area contributed by atoms with E-state index in [0.29, 0.717) is 0 Å². The SMILES string of the molecule is CCC(O)CCC(O)CC. The van der Waals surface area contributed by atoms with Crippen molar-refractivity contribution in [3.63, 3.8) is 0 Å². The van der Waals surface area contributed by atoms with Crippen LogP contribution < -0.4 is 0 Å². The van der Waals surface area contributed by atoms with Crippen molar-refractivity contribution in [3.8, 4) is 0 Å². The molecular formula is C8H18O2. The first-order chi connectivity index (χ1) is 4.70. The van der Waals surface area contributed by atoms with Crippen molar-refractivity contribution in [1.29, 1.82) is 0 Å². The summed E-state index contributed by atoms with van der Waals surface area (Å²) in [5, 5.41) is 18.2. The molecule has 0 aliphatic heterocycles. The van der Waals surface area contributed by atoms with E-state index in [-0.39, 0.29) is 12.2 Å². The molecule has 0 bridgehead atoms. The van der Waals surface area contributed by atoms with Crippen LogP contribution >= 0.6 is 0 Å². The molecule has 0 heterocycles. The minimum absolute atomic E-state index is 0.221. The van der Waals surface area contributed by atoms with Crippen molar-refractivity contribution in [1.82, 2.24) is 0 Å². The van der Waals surface area contributed by atoms with Gasteiger partial charge in [0.25, 0.3) is 0 Å². The summed E-state index contributed by atoms with van der Waals surface area (Å²) in [6.07, 6.45) is 2.59. The average molecular weight is 146 g/mol. The van der Waals surface area contributed by atoms with E-state index in [1.54, 1.807) is 0 Å². The first-order valence-corrected chi connectivity index (χ1v) is 4.06. The molecule has 62 valence electrons. The van der Waals surface area contributed by atoms with Crippen molar-refractivity contribution in [2.75, 3.05) is 0 Å². The molecule has 2 N–H and O–H groups in total. The van der Waals surface area contributed by atoms with Gasteiger partial charge >= 0.3 is 0 Å². The molecule has 0 aromatic rings. The molecule has 0 saturated carbocycles. The maximum absolute atomic E-state index is 9.09. The number of aliphatic hydroxyl groups excluding tert-OH is 2. The maximum atomic E-state index is 9.09. The Morgan fingerprint density at radius 1 is 0.900 bits per heavy atom. The fraction of sp³-hybridized carbons (Fsp3) is 1.00. The first-order valence-electron chi connectivity index (χ1n) is 4.06. The second kappa shape index (κ2) is 5.69. The Labute approximate surface area is 62.9 Å². The highest BCUT2D eigenvalue weighted by atomic mass is 16.3. The Bertz CT molecular complexity index is 63.7. The van der Waals surface area contributed by atoms with Crippen LogP contribution in [-0.4, -0.2) is 22.4 Å². The lowest BCUT2D eigenvalue weighted by Gasteiger charge is -2.10. The van der Waals surface area contributed by atoms with Gasteiger partial charge in [0.2, 0.25) is 0 Å². The fourth-order valence-electron chi connectivity index (χ4n) is 0.793. The van der Waals surface area contributed by atoms with Gasteiger partial charge in [0.1, 0.15) is 0 Å².